The molecule has 4 nitrogen and oxygen atoms in total. The summed E-state index contributed by atoms with van der Waals surface area (Å²) in [6.45, 7) is 4.66. The highest BCUT2D eigenvalue weighted by Gasteiger charge is 2.24. The molecular weight excluding hydrogens is 327 g/mol. The summed E-state index contributed by atoms with van der Waals surface area (Å²) >= 11 is 1.50. The van der Waals surface area contributed by atoms with E-state index in [0.717, 1.165) is 40.6 Å². The van der Waals surface area contributed by atoms with Gasteiger partial charge in [0.05, 0.1) is 29.3 Å². The van der Waals surface area contributed by atoms with Crippen molar-refractivity contribution in [2.24, 2.45) is 0 Å². The van der Waals surface area contributed by atoms with Crippen molar-refractivity contribution in [2.45, 2.75) is 45.3 Å². The number of carbonyl (C=O) groups is 1. The number of amides is 1. The molecule has 1 fully saturated rings. The highest BCUT2D eigenvalue weighted by atomic mass is 32.1. The van der Waals surface area contributed by atoms with Crippen LogP contribution in [-0.2, 0) is 16.0 Å². The Morgan fingerprint density at radius 3 is 2.88 bits per heavy atom. The number of aromatic nitrogens is 1. The Balaban J connectivity index is 1.70. The van der Waals surface area contributed by atoms with E-state index >= 15 is 0 Å². The van der Waals surface area contributed by atoms with Crippen LogP contribution in [0.15, 0.2) is 24.3 Å². The molecule has 1 aliphatic rings. The molecular formula is C18H21FN2O2S. The van der Waals surface area contributed by atoms with Crippen molar-refractivity contribution >= 4 is 17.2 Å². The predicted octanol–water partition coefficient (Wildman–Crippen LogP) is 3.48. The normalized spacial score (nSPS) is 18.5. The number of nitrogens with one attached hydrogen (secondary N) is 1. The van der Waals surface area contributed by atoms with Gasteiger partial charge in [-0.2, -0.15) is 0 Å². The largest absolute Gasteiger partial charge is 0.376 e. The zero-order chi connectivity index (χ0) is 17.1. The van der Waals surface area contributed by atoms with Crippen molar-refractivity contribution in [1.82, 2.24) is 10.3 Å². The Labute approximate surface area is 145 Å². The van der Waals surface area contributed by atoms with Gasteiger partial charge in [0.25, 0.3) is 0 Å². The van der Waals surface area contributed by atoms with Crippen LogP contribution in [0.4, 0.5) is 4.39 Å². The van der Waals surface area contributed by atoms with Gasteiger partial charge in [0.1, 0.15) is 5.82 Å². The lowest BCUT2D eigenvalue weighted by atomic mass is 10.1. The van der Waals surface area contributed by atoms with Crippen LogP contribution < -0.4 is 5.32 Å². The van der Waals surface area contributed by atoms with Crippen LogP contribution in [0.2, 0.25) is 0 Å². The topological polar surface area (TPSA) is 51.2 Å². The minimum Gasteiger partial charge on any atom is -0.376 e. The van der Waals surface area contributed by atoms with Crippen LogP contribution in [0.5, 0.6) is 0 Å². The number of carbonyl (C=O) groups excluding carboxylic acids is 1. The molecule has 6 heteroatoms. The van der Waals surface area contributed by atoms with E-state index in [9.17, 15) is 9.18 Å². The average molecular weight is 348 g/mol. The Kier molecular flexibility index (Phi) is 5.26. The Bertz CT molecular complexity index is 708. The van der Waals surface area contributed by atoms with Crippen molar-refractivity contribution in [3.63, 3.8) is 0 Å². The number of aryl methyl sites for hydroxylation is 1. The molecule has 1 N–H and O–H groups in total. The third kappa shape index (κ3) is 3.99. The molecule has 1 amide bonds. The molecule has 3 rings (SSSR count). The maximum Gasteiger partial charge on any atom is 0.225 e. The monoisotopic (exact) mass is 348 g/mol. The molecule has 0 aliphatic carbocycles. The first kappa shape index (κ1) is 17.0. The van der Waals surface area contributed by atoms with Gasteiger partial charge in [-0.3, -0.25) is 4.79 Å². The van der Waals surface area contributed by atoms with E-state index in [2.05, 4.69) is 10.3 Å². The third-order valence-electron chi connectivity index (χ3n) is 4.15. The minimum absolute atomic E-state index is 0.00305. The summed E-state index contributed by atoms with van der Waals surface area (Å²) in [5, 5.41) is 3.92. The number of thiazole rings is 1. The number of halogens is 1. The van der Waals surface area contributed by atoms with Gasteiger partial charge in [0.15, 0.2) is 0 Å². The smallest absolute Gasteiger partial charge is 0.225 e. The zero-order valence-corrected chi connectivity index (χ0v) is 14.7. The SMILES string of the molecule is Cc1nc(-c2ccc(F)cc2)c(CC(=O)N[C@H](C)[C@@H]2CCCO2)s1. The van der Waals surface area contributed by atoms with Gasteiger partial charge in [-0.25, -0.2) is 9.37 Å². The maximum atomic E-state index is 13.1. The first-order chi connectivity index (χ1) is 11.5. The maximum absolute atomic E-state index is 13.1. The van der Waals surface area contributed by atoms with Gasteiger partial charge in [0.2, 0.25) is 5.91 Å². The van der Waals surface area contributed by atoms with Crippen molar-refractivity contribution in [3.8, 4) is 11.3 Å². The lowest BCUT2D eigenvalue weighted by Gasteiger charge is -2.19. The second kappa shape index (κ2) is 7.40. The highest BCUT2D eigenvalue weighted by Crippen LogP contribution is 2.28. The highest BCUT2D eigenvalue weighted by molar-refractivity contribution is 7.12. The molecule has 0 spiro atoms. The lowest BCUT2D eigenvalue weighted by molar-refractivity contribution is -0.121. The summed E-state index contributed by atoms with van der Waals surface area (Å²) in [6.07, 6.45) is 2.42. The fraction of sp³-hybridized carbons (Fsp3) is 0.444. The van der Waals surface area contributed by atoms with Gasteiger partial charge in [-0.15, -0.1) is 11.3 Å². The Morgan fingerprint density at radius 1 is 1.46 bits per heavy atom. The number of nitrogens with zero attached hydrogens (tertiary/aromatic N) is 1. The van der Waals surface area contributed by atoms with Gasteiger partial charge < -0.3 is 10.1 Å². The number of rotatable bonds is 5. The molecule has 2 heterocycles. The van der Waals surface area contributed by atoms with Crippen LogP contribution in [0.3, 0.4) is 0 Å². The zero-order valence-electron chi connectivity index (χ0n) is 13.8. The summed E-state index contributed by atoms with van der Waals surface area (Å²) in [5.41, 5.74) is 1.59. The molecule has 1 aromatic carbocycles. The van der Waals surface area contributed by atoms with Gasteiger partial charge in [0, 0.05) is 17.0 Å². The predicted molar refractivity (Wildman–Crippen MR) is 92.5 cm³/mol. The van der Waals surface area contributed by atoms with Crippen molar-refractivity contribution in [3.05, 3.63) is 40.0 Å². The van der Waals surface area contributed by atoms with Crippen molar-refractivity contribution in [1.29, 1.82) is 0 Å². The number of ether oxygens (including phenoxy) is 1. The van der Waals surface area contributed by atoms with Crippen LogP contribution in [0, 0.1) is 12.7 Å². The van der Waals surface area contributed by atoms with E-state index in [4.69, 9.17) is 4.74 Å². The van der Waals surface area contributed by atoms with E-state index in [1.165, 1.54) is 23.5 Å². The minimum atomic E-state index is -0.282. The molecule has 1 aliphatic heterocycles. The molecule has 128 valence electrons. The Hall–Kier alpha value is -1.79. The second-order valence-corrected chi connectivity index (χ2v) is 7.38. The molecule has 0 saturated carbocycles. The molecule has 0 bridgehead atoms. The quantitative estimate of drug-likeness (QED) is 0.900. The molecule has 0 radical (unpaired) electrons. The lowest BCUT2D eigenvalue weighted by Crippen LogP contribution is -2.41. The number of hydrogen-bond donors (Lipinski definition) is 1. The molecule has 2 atom stereocenters. The second-order valence-electron chi connectivity index (χ2n) is 6.10. The summed E-state index contributed by atoms with van der Waals surface area (Å²) in [7, 11) is 0. The van der Waals surface area contributed by atoms with Crippen molar-refractivity contribution in [2.75, 3.05) is 6.61 Å². The van der Waals surface area contributed by atoms with E-state index in [1.54, 1.807) is 12.1 Å². The molecule has 1 saturated heterocycles. The van der Waals surface area contributed by atoms with Crippen molar-refractivity contribution < 1.29 is 13.9 Å². The Morgan fingerprint density at radius 2 is 2.21 bits per heavy atom. The molecule has 2 aromatic rings. The first-order valence-electron chi connectivity index (χ1n) is 8.16. The first-order valence-corrected chi connectivity index (χ1v) is 8.98. The fourth-order valence-corrected chi connectivity index (χ4v) is 3.92. The van der Waals surface area contributed by atoms with E-state index < -0.39 is 0 Å². The van der Waals surface area contributed by atoms with Gasteiger partial charge in [-0.1, -0.05) is 0 Å². The summed E-state index contributed by atoms with van der Waals surface area (Å²) in [6, 6.07) is 6.21. The summed E-state index contributed by atoms with van der Waals surface area (Å²) in [5.74, 6) is -0.319. The van der Waals surface area contributed by atoms with Crippen LogP contribution in [-0.4, -0.2) is 29.6 Å². The van der Waals surface area contributed by atoms with Gasteiger partial charge in [-0.05, 0) is 51.0 Å². The third-order valence-corrected chi connectivity index (χ3v) is 5.13. The van der Waals surface area contributed by atoms with Crippen LogP contribution >= 0.6 is 11.3 Å². The summed E-state index contributed by atoms with van der Waals surface area (Å²) < 4.78 is 18.7. The number of benzene rings is 1. The van der Waals surface area contributed by atoms with E-state index in [-0.39, 0.29) is 30.3 Å². The molecule has 1 aromatic heterocycles. The summed E-state index contributed by atoms with van der Waals surface area (Å²) in [4.78, 5) is 17.8. The number of hydrogen-bond acceptors (Lipinski definition) is 4. The molecule has 0 unspecified atom stereocenters. The molecule has 24 heavy (non-hydrogen) atoms. The van der Waals surface area contributed by atoms with Crippen LogP contribution in [0.25, 0.3) is 11.3 Å². The average Bonchev–Trinajstić information content (AvgIpc) is 3.18. The van der Waals surface area contributed by atoms with E-state index in [0.29, 0.717) is 0 Å². The van der Waals surface area contributed by atoms with Crippen LogP contribution in [0.1, 0.15) is 29.7 Å². The van der Waals surface area contributed by atoms with Gasteiger partial charge >= 0.3 is 0 Å². The van der Waals surface area contributed by atoms with E-state index in [1.807, 2.05) is 13.8 Å². The standard InChI is InChI=1S/C18H21FN2O2S/c1-11(15-4-3-9-23-15)20-17(22)10-16-18(21-12(2)24-16)13-5-7-14(19)8-6-13/h5-8,11,15H,3-4,9-10H2,1-2H3,(H,20,22)/t11-,15+/m1/s1. The fourth-order valence-electron chi connectivity index (χ4n) is 2.96.